The number of carbonyl (C=O) groups is 2. The Morgan fingerprint density at radius 3 is 2.46 bits per heavy atom. The number of benzene rings is 1. The zero-order chi connectivity index (χ0) is 18.7. The zero-order valence-corrected chi connectivity index (χ0v) is 14.8. The summed E-state index contributed by atoms with van der Waals surface area (Å²) in [5.74, 6) is -0.570. The summed E-state index contributed by atoms with van der Waals surface area (Å²) in [6, 6.07) is 10.6. The van der Waals surface area contributed by atoms with Crippen LogP contribution in [0.1, 0.15) is 24.4 Å². The van der Waals surface area contributed by atoms with Gasteiger partial charge in [-0.2, -0.15) is 0 Å². The first-order valence-corrected chi connectivity index (χ1v) is 8.45. The van der Waals surface area contributed by atoms with E-state index in [4.69, 9.17) is 9.15 Å². The molecule has 1 saturated heterocycles. The smallest absolute Gasteiger partial charge is 0.289 e. The van der Waals surface area contributed by atoms with E-state index in [1.807, 2.05) is 12.1 Å². The normalized spacial score (nSPS) is 15.0. The van der Waals surface area contributed by atoms with E-state index in [1.54, 1.807) is 29.2 Å². The van der Waals surface area contributed by atoms with Gasteiger partial charge in [0.25, 0.3) is 5.91 Å². The molecule has 0 spiro atoms. The van der Waals surface area contributed by atoms with Crippen molar-refractivity contribution >= 4 is 17.6 Å². The molecule has 0 unspecified atom stereocenters. The third-order valence-corrected chi connectivity index (χ3v) is 4.35. The number of nitrogens with zero attached hydrogens (tertiary/aromatic N) is 2. The molecule has 1 aliphatic heterocycles. The largest absolute Gasteiger partial charge is 0.546 e. The fraction of sp³-hybridized carbons (Fsp3) is 0.368. The lowest BCUT2D eigenvalue weighted by atomic mass is 10.1. The Morgan fingerprint density at radius 1 is 1.12 bits per heavy atom. The van der Waals surface area contributed by atoms with Crippen molar-refractivity contribution in [1.29, 1.82) is 0 Å². The van der Waals surface area contributed by atoms with Gasteiger partial charge in [0, 0.05) is 37.9 Å². The lowest BCUT2D eigenvalue weighted by molar-refractivity contribution is -0.320. The van der Waals surface area contributed by atoms with Crippen molar-refractivity contribution in [3.05, 3.63) is 48.4 Å². The van der Waals surface area contributed by atoms with Gasteiger partial charge in [0.2, 0.25) is 0 Å². The van der Waals surface area contributed by atoms with E-state index >= 15 is 0 Å². The molecule has 7 heteroatoms. The Balaban J connectivity index is 1.64. The summed E-state index contributed by atoms with van der Waals surface area (Å²) in [5.41, 5.74) is -0.492. The predicted molar refractivity (Wildman–Crippen MR) is 93.0 cm³/mol. The summed E-state index contributed by atoms with van der Waals surface area (Å²) in [6.45, 7) is 5.39. The molecule has 138 valence electrons. The summed E-state index contributed by atoms with van der Waals surface area (Å²) >= 11 is 0. The number of carbonyl (C=O) groups excluding carboxylic acids is 2. The number of amides is 1. The lowest BCUT2D eigenvalue weighted by Gasteiger charge is -2.36. The summed E-state index contributed by atoms with van der Waals surface area (Å²) < 4.78 is 10.7. The van der Waals surface area contributed by atoms with E-state index in [2.05, 4.69) is 4.90 Å². The average Bonchev–Trinajstić information content (AvgIpc) is 3.15. The highest BCUT2D eigenvalue weighted by Gasteiger charge is 2.25. The van der Waals surface area contributed by atoms with Gasteiger partial charge in [0.1, 0.15) is 11.4 Å². The van der Waals surface area contributed by atoms with E-state index in [9.17, 15) is 14.7 Å². The molecular formula is C19H21N2O5-. The number of furan rings is 1. The van der Waals surface area contributed by atoms with Gasteiger partial charge in [0.05, 0.1) is 12.2 Å². The average molecular weight is 357 g/mol. The van der Waals surface area contributed by atoms with Crippen LogP contribution in [0.25, 0.3) is 0 Å². The maximum Gasteiger partial charge on any atom is 0.289 e. The molecule has 7 nitrogen and oxygen atoms in total. The quantitative estimate of drug-likeness (QED) is 0.798. The minimum absolute atomic E-state index is 0.109. The first kappa shape index (κ1) is 17.8. The number of hydrogen-bond donors (Lipinski definition) is 0. The fourth-order valence-corrected chi connectivity index (χ4v) is 2.80. The molecule has 26 heavy (non-hydrogen) atoms. The molecule has 1 aromatic heterocycles. The second-order valence-electron chi connectivity index (χ2n) is 6.65. The number of carboxylic acids is 1. The van der Waals surface area contributed by atoms with E-state index in [0.717, 1.165) is 5.69 Å². The topological polar surface area (TPSA) is 86.0 Å². The number of carboxylic acid groups (broad SMARTS) is 1. The highest BCUT2D eigenvalue weighted by Crippen LogP contribution is 2.25. The molecule has 0 radical (unpaired) electrons. The predicted octanol–water partition coefficient (Wildman–Crippen LogP) is 1.15. The Kier molecular flexibility index (Phi) is 4.88. The molecule has 0 N–H and O–H groups in total. The molecular weight excluding hydrogens is 336 g/mol. The molecule has 2 aromatic rings. The highest BCUT2D eigenvalue weighted by atomic mass is 16.5. The molecule has 1 aromatic carbocycles. The van der Waals surface area contributed by atoms with Crippen LogP contribution in [0.5, 0.6) is 5.75 Å². The number of hydrogen-bond acceptors (Lipinski definition) is 6. The van der Waals surface area contributed by atoms with Crippen molar-refractivity contribution in [3.63, 3.8) is 0 Å². The van der Waals surface area contributed by atoms with Crippen molar-refractivity contribution in [1.82, 2.24) is 4.90 Å². The molecule has 1 aliphatic rings. The van der Waals surface area contributed by atoms with Crippen LogP contribution in [0.15, 0.2) is 47.1 Å². The number of rotatable bonds is 5. The molecule has 3 rings (SSSR count). The van der Waals surface area contributed by atoms with Gasteiger partial charge in [0.15, 0.2) is 5.76 Å². The van der Waals surface area contributed by atoms with Crippen molar-refractivity contribution in [2.45, 2.75) is 19.4 Å². The Morgan fingerprint density at radius 2 is 1.85 bits per heavy atom. The Hall–Kier alpha value is -2.96. The first-order valence-electron chi connectivity index (χ1n) is 8.45. The third kappa shape index (κ3) is 3.82. The minimum Gasteiger partial charge on any atom is -0.546 e. The van der Waals surface area contributed by atoms with E-state index in [1.165, 1.54) is 20.1 Å². The SMILES string of the molecule is CC(C)(Oc1cccc(N2CCN(C(=O)c3ccco3)CC2)c1)C(=O)[O-]. The van der Waals surface area contributed by atoms with E-state index in [-0.39, 0.29) is 5.91 Å². The number of aliphatic carboxylic acids is 1. The fourth-order valence-electron chi connectivity index (χ4n) is 2.80. The van der Waals surface area contributed by atoms with Gasteiger partial charge >= 0.3 is 0 Å². The molecule has 0 aliphatic carbocycles. The van der Waals surface area contributed by atoms with Crippen molar-refractivity contribution in [3.8, 4) is 5.75 Å². The van der Waals surface area contributed by atoms with Crippen LogP contribution in [0, 0.1) is 0 Å². The van der Waals surface area contributed by atoms with Crippen molar-refractivity contribution in [2.24, 2.45) is 0 Å². The second-order valence-corrected chi connectivity index (χ2v) is 6.65. The number of piperazine rings is 1. The summed E-state index contributed by atoms with van der Waals surface area (Å²) in [7, 11) is 0. The van der Waals surface area contributed by atoms with Crippen LogP contribution in [-0.4, -0.2) is 48.6 Å². The Bertz CT molecular complexity index is 777. The molecule has 0 atom stereocenters. The van der Waals surface area contributed by atoms with Gasteiger partial charge in [-0.25, -0.2) is 0 Å². The van der Waals surface area contributed by atoms with Crippen LogP contribution in [0.2, 0.25) is 0 Å². The molecule has 1 fully saturated rings. The zero-order valence-electron chi connectivity index (χ0n) is 14.8. The maximum absolute atomic E-state index is 12.3. The van der Waals surface area contributed by atoms with Crippen LogP contribution < -0.4 is 14.7 Å². The van der Waals surface area contributed by atoms with Crippen molar-refractivity contribution in [2.75, 3.05) is 31.1 Å². The highest BCUT2D eigenvalue weighted by molar-refractivity contribution is 5.91. The summed E-state index contributed by atoms with van der Waals surface area (Å²) in [6.07, 6.45) is 1.49. The standard InChI is InChI=1S/C19H22N2O5/c1-19(2,18(23)24)26-15-6-3-5-14(13-15)20-8-10-21(11-9-20)17(22)16-7-4-12-25-16/h3-7,12-13H,8-11H2,1-2H3,(H,23,24)/p-1. The molecule has 0 saturated carbocycles. The maximum atomic E-state index is 12.3. The van der Waals surface area contributed by atoms with Gasteiger partial charge in [-0.15, -0.1) is 0 Å². The van der Waals surface area contributed by atoms with Gasteiger partial charge < -0.3 is 28.9 Å². The molecule has 1 amide bonds. The van der Waals surface area contributed by atoms with Gasteiger partial charge in [-0.05, 0) is 38.1 Å². The monoisotopic (exact) mass is 357 g/mol. The van der Waals surface area contributed by atoms with Gasteiger partial charge in [-0.1, -0.05) is 6.07 Å². The minimum atomic E-state index is -1.41. The molecule has 2 heterocycles. The Labute approximate surface area is 151 Å². The van der Waals surface area contributed by atoms with Crippen LogP contribution >= 0.6 is 0 Å². The van der Waals surface area contributed by atoms with Crippen LogP contribution in [0.4, 0.5) is 5.69 Å². The van der Waals surface area contributed by atoms with Crippen LogP contribution in [0.3, 0.4) is 0 Å². The van der Waals surface area contributed by atoms with Crippen LogP contribution in [-0.2, 0) is 4.79 Å². The summed E-state index contributed by atoms with van der Waals surface area (Å²) in [4.78, 5) is 27.3. The first-order chi connectivity index (χ1) is 12.4. The summed E-state index contributed by atoms with van der Waals surface area (Å²) in [5, 5.41) is 11.1. The third-order valence-electron chi connectivity index (χ3n) is 4.35. The number of anilines is 1. The lowest BCUT2D eigenvalue weighted by Crippen LogP contribution is -2.49. The van der Waals surface area contributed by atoms with Gasteiger partial charge in [-0.3, -0.25) is 4.79 Å². The van der Waals surface area contributed by atoms with E-state index < -0.39 is 11.6 Å². The van der Waals surface area contributed by atoms with E-state index in [0.29, 0.717) is 37.7 Å². The second kappa shape index (κ2) is 7.11. The number of ether oxygens (including phenoxy) is 1. The van der Waals surface area contributed by atoms with Crippen molar-refractivity contribution < 1.29 is 23.8 Å². The molecule has 0 bridgehead atoms.